The number of rotatable bonds is 3. The maximum absolute atomic E-state index is 13.1. The van der Waals surface area contributed by atoms with Crippen molar-refractivity contribution in [1.29, 1.82) is 0 Å². The van der Waals surface area contributed by atoms with E-state index in [0.29, 0.717) is 12.1 Å². The van der Waals surface area contributed by atoms with E-state index in [1.54, 1.807) is 24.3 Å². The first kappa shape index (κ1) is 11.2. The molecule has 0 amide bonds. The Kier molecular flexibility index (Phi) is 3.31. The van der Waals surface area contributed by atoms with Crippen molar-refractivity contribution in [2.45, 2.75) is 13.3 Å². The van der Waals surface area contributed by atoms with E-state index in [4.69, 9.17) is 5.73 Å². The second-order valence-corrected chi connectivity index (χ2v) is 4.57. The lowest BCUT2D eigenvalue weighted by atomic mass is 10.1. The average Bonchev–Trinajstić information content (AvgIpc) is 2.71. The van der Waals surface area contributed by atoms with E-state index in [0.717, 1.165) is 22.7 Å². The molecule has 0 aliphatic heterocycles. The van der Waals surface area contributed by atoms with Crippen molar-refractivity contribution >= 4 is 11.3 Å². The summed E-state index contributed by atoms with van der Waals surface area (Å²) in [5, 5.41) is 3.01. The van der Waals surface area contributed by atoms with Gasteiger partial charge in [0.25, 0.3) is 0 Å². The van der Waals surface area contributed by atoms with Crippen molar-refractivity contribution in [3.05, 3.63) is 40.0 Å². The first-order chi connectivity index (χ1) is 7.70. The van der Waals surface area contributed by atoms with Crippen LogP contribution in [0.2, 0.25) is 0 Å². The summed E-state index contributed by atoms with van der Waals surface area (Å²) in [5.74, 6) is -0.179. The predicted octanol–water partition coefficient (Wildman–Crippen LogP) is 2.76. The van der Waals surface area contributed by atoms with E-state index in [-0.39, 0.29) is 5.82 Å². The Morgan fingerprint density at radius 3 is 2.94 bits per heavy atom. The van der Waals surface area contributed by atoms with Gasteiger partial charge >= 0.3 is 0 Å². The second kappa shape index (κ2) is 4.72. The molecule has 1 aromatic heterocycles. The topological polar surface area (TPSA) is 38.9 Å². The summed E-state index contributed by atoms with van der Waals surface area (Å²) in [7, 11) is 0. The Hall–Kier alpha value is -1.26. The predicted molar refractivity (Wildman–Crippen MR) is 65.0 cm³/mol. The summed E-state index contributed by atoms with van der Waals surface area (Å²) in [6.45, 7) is 2.36. The SMILES string of the molecule is Cc1cc(-c2csc(CCN)n2)ccc1F. The standard InChI is InChI=1S/C12H13FN2S/c1-8-6-9(2-3-10(8)13)11-7-16-12(15-11)4-5-14/h2-3,6-7H,4-5,14H2,1H3. The summed E-state index contributed by atoms with van der Waals surface area (Å²) < 4.78 is 13.1. The molecule has 0 radical (unpaired) electrons. The Labute approximate surface area is 97.9 Å². The van der Waals surface area contributed by atoms with E-state index in [1.165, 1.54) is 6.07 Å². The van der Waals surface area contributed by atoms with E-state index in [9.17, 15) is 4.39 Å². The molecule has 0 saturated heterocycles. The molecular weight excluding hydrogens is 223 g/mol. The number of hydrogen-bond donors (Lipinski definition) is 1. The Bertz CT molecular complexity index is 494. The molecule has 0 aliphatic rings. The van der Waals surface area contributed by atoms with Gasteiger partial charge in [0.15, 0.2) is 0 Å². The van der Waals surface area contributed by atoms with Gasteiger partial charge < -0.3 is 5.73 Å². The van der Waals surface area contributed by atoms with E-state index >= 15 is 0 Å². The highest BCUT2D eigenvalue weighted by molar-refractivity contribution is 7.09. The lowest BCUT2D eigenvalue weighted by Crippen LogP contribution is -2.01. The van der Waals surface area contributed by atoms with E-state index < -0.39 is 0 Å². The van der Waals surface area contributed by atoms with Gasteiger partial charge in [0.1, 0.15) is 5.82 Å². The Morgan fingerprint density at radius 1 is 1.44 bits per heavy atom. The third-order valence-electron chi connectivity index (χ3n) is 2.36. The molecule has 2 N–H and O–H groups in total. The minimum atomic E-state index is -0.179. The third-order valence-corrected chi connectivity index (χ3v) is 3.27. The number of hydrogen-bond acceptors (Lipinski definition) is 3. The molecule has 2 nitrogen and oxygen atoms in total. The van der Waals surface area contributed by atoms with Crippen molar-refractivity contribution in [1.82, 2.24) is 4.98 Å². The van der Waals surface area contributed by atoms with Crippen LogP contribution in [0.15, 0.2) is 23.6 Å². The molecule has 2 rings (SSSR count). The quantitative estimate of drug-likeness (QED) is 0.890. The number of aromatic nitrogens is 1. The largest absolute Gasteiger partial charge is 0.330 e. The number of halogens is 1. The molecule has 84 valence electrons. The zero-order valence-corrected chi connectivity index (χ0v) is 9.85. The Balaban J connectivity index is 2.31. The average molecular weight is 236 g/mol. The highest BCUT2D eigenvalue weighted by atomic mass is 32.1. The number of benzene rings is 1. The summed E-state index contributed by atoms with van der Waals surface area (Å²) in [6.07, 6.45) is 0.796. The van der Waals surface area contributed by atoms with Gasteiger partial charge in [-0.25, -0.2) is 9.37 Å². The lowest BCUT2D eigenvalue weighted by molar-refractivity contribution is 0.619. The molecular formula is C12H13FN2S. The van der Waals surface area contributed by atoms with Crippen LogP contribution in [0.4, 0.5) is 4.39 Å². The molecule has 0 bridgehead atoms. The Morgan fingerprint density at radius 2 is 2.25 bits per heavy atom. The van der Waals surface area contributed by atoms with Gasteiger partial charge in [-0.1, -0.05) is 0 Å². The molecule has 1 aromatic carbocycles. The minimum absolute atomic E-state index is 0.179. The van der Waals surface area contributed by atoms with Crippen LogP contribution >= 0.6 is 11.3 Å². The van der Waals surface area contributed by atoms with Crippen LogP contribution in [0.1, 0.15) is 10.6 Å². The first-order valence-electron chi connectivity index (χ1n) is 5.11. The first-order valence-corrected chi connectivity index (χ1v) is 5.99. The van der Waals surface area contributed by atoms with Crippen LogP contribution in [0.3, 0.4) is 0 Å². The van der Waals surface area contributed by atoms with Crippen LogP contribution in [0, 0.1) is 12.7 Å². The maximum Gasteiger partial charge on any atom is 0.126 e. The normalized spacial score (nSPS) is 10.7. The zero-order chi connectivity index (χ0) is 11.5. The van der Waals surface area contributed by atoms with Gasteiger partial charge in [-0.3, -0.25) is 0 Å². The van der Waals surface area contributed by atoms with Crippen LogP contribution in [-0.4, -0.2) is 11.5 Å². The van der Waals surface area contributed by atoms with Gasteiger partial charge in [-0.2, -0.15) is 0 Å². The fourth-order valence-corrected chi connectivity index (χ4v) is 2.31. The minimum Gasteiger partial charge on any atom is -0.330 e. The molecule has 0 spiro atoms. The van der Waals surface area contributed by atoms with Crippen LogP contribution in [-0.2, 0) is 6.42 Å². The van der Waals surface area contributed by atoms with Crippen molar-refractivity contribution in [2.24, 2.45) is 5.73 Å². The van der Waals surface area contributed by atoms with Crippen molar-refractivity contribution in [2.75, 3.05) is 6.54 Å². The molecule has 2 aromatic rings. The molecule has 0 aliphatic carbocycles. The smallest absolute Gasteiger partial charge is 0.126 e. The van der Waals surface area contributed by atoms with Gasteiger partial charge in [-0.15, -0.1) is 11.3 Å². The monoisotopic (exact) mass is 236 g/mol. The van der Waals surface area contributed by atoms with Crippen LogP contribution in [0.25, 0.3) is 11.3 Å². The molecule has 0 unspecified atom stereocenters. The van der Waals surface area contributed by atoms with Gasteiger partial charge in [0.05, 0.1) is 10.7 Å². The maximum atomic E-state index is 13.1. The zero-order valence-electron chi connectivity index (χ0n) is 9.03. The summed E-state index contributed by atoms with van der Waals surface area (Å²) in [6, 6.07) is 5.05. The van der Waals surface area contributed by atoms with Gasteiger partial charge in [0.2, 0.25) is 0 Å². The van der Waals surface area contributed by atoms with Crippen LogP contribution in [0.5, 0.6) is 0 Å². The summed E-state index contributed by atoms with van der Waals surface area (Å²) in [4.78, 5) is 4.46. The van der Waals surface area contributed by atoms with Gasteiger partial charge in [0, 0.05) is 17.4 Å². The fourth-order valence-electron chi connectivity index (χ4n) is 1.49. The number of nitrogens with two attached hydrogens (primary N) is 1. The molecule has 0 saturated carbocycles. The van der Waals surface area contributed by atoms with Crippen molar-refractivity contribution in [3.63, 3.8) is 0 Å². The lowest BCUT2D eigenvalue weighted by Gasteiger charge is -1.99. The fraction of sp³-hybridized carbons (Fsp3) is 0.250. The third kappa shape index (κ3) is 2.28. The number of thiazole rings is 1. The van der Waals surface area contributed by atoms with Crippen LogP contribution < -0.4 is 5.73 Å². The van der Waals surface area contributed by atoms with Gasteiger partial charge in [-0.05, 0) is 37.2 Å². The van der Waals surface area contributed by atoms with E-state index in [2.05, 4.69) is 4.98 Å². The molecule has 1 heterocycles. The summed E-state index contributed by atoms with van der Waals surface area (Å²) >= 11 is 1.59. The van der Waals surface area contributed by atoms with Crippen molar-refractivity contribution < 1.29 is 4.39 Å². The van der Waals surface area contributed by atoms with E-state index in [1.807, 2.05) is 11.4 Å². The van der Waals surface area contributed by atoms with Crippen molar-refractivity contribution in [3.8, 4) is 11.3 Å². The molecule has 0 atom stereocenters. The number of aryl methyl sites for hydroxylation is 1. The highest BCUT2D eigenvalue weighted by Gasteiger charge is 2.05. The molecule has 16 heavy (non-hydrogen) atoms. The molecule has 0 fully saturated rings. The highest BCUT2D eigenvalue weighted by Crippen LogP contribution is 2.23. The summed E-state index contributed by atoms with van der Waals surface area (Å²) in [5.41, 5.74) is 7.97. The number of nitrogens with zero attached hydrogens (tertiary/aromatic N) is 1. The molecule has 4 heteroatoms. The second-order valence-electron chi connectivity index (χ2n) is 3.63.